The smallest absolute Gasteiger partial charge is 0.180 e. The highest BCUT2D eigenvalue weighted by molar-refractivity contribution is 7.15. The van der Waals surface area contributed by atoms with Gasteiger partial charge in [-0.15, -0.1) is 11.3 Å². The first-order valence-electron chi connectivity index (χ1n) is 7.09. The third kappa shape index (κ3) is 3.95. The highest BCUT2D eigenvalue weighted by Crippen LogP contribution is 2.20. The van der Waals surface area contributed by atoms with Crippen molar-refractivity contribution in [2.24, 2.45) is 0 Å². The van der Waals surface area contributed by atoms with E-state index in [1.807, 2.05) is 24.4 Å². The minimum absolute atomic E-state index is 0.655. The van der Waals surface area contributed by atoms with E-state index >= 15 is 0 Å². The van der Waals surface area contributed by atoms with Crippen LogP contribution in [-0.2, 0) is 13.1 Å². The van der Waals surface area contributed by atoms with E-state index < -0.39 is 0 Å². The summed E-state index contributed by atoms with van der Waals surface area (Å²) in [4.78, 5) is 10.3. The van der Waals surface area contributed by atoms with Gasteiger partial charge in [0, 0.05) is 55.4 Å². The Morgan fingerprint density at radius 1 is 1.10 bits per heavy atom. The van der Waals surface area contributed by atoms with Crippen LogP contribution in [0.4, 0.5) is 5.13 Å². The van der Waals surface area contributed by atoms with Gasteiger partial charge in [-0.3, -0.25) is 9.80 Å². The van der Waals surface area contributed by atoms with E-state index in [4.69, 9.17) is 17.3 Å². The standard InChI is InChI=1S/C15H19ClN4S/c16-14-4-2-1-3-12(14)10-19-5-7-20(8-6-19)11-13-9-18-15(17)21-13/h1-4,9H,5-8,10-11H2,(H2,17,18). The SMILES string of the molecule is Nc1ncc(CN2CCN(Cc3ccccc3Cl)CC2)s1. The zero-order chi connectivity index (χ0) is 14.7. The summed E-state index contributed by atoms with van der Waals surface area (Å²) < 4.78 is 0. The highest BCUT2D eigenvalue weighted by Gasteiger charge is 2.18. The lowest BCUT2D eigenvalue weighted by Gasteiger charge is -2.34. The fourth-order valence-corrected chi connectivity index (χ4v) is 3.51. The van der Waals surface area contributed by atoms with Gasteiger partial charge in [-0.1, -0.05) is 29.8 Å². The van der Waals surface area contributed by atoms with Crippen LogP contribution in [0.5, 0.6) is 0 Å². The number of benzene rings is 1. The first-order chi connectivity index (χ1) is 10.2. The van der Waals surface area contributed by atoms with E-state index in [9.17, 15) is 0 Å². The summed E-state index contributed by atoms with van der Waals surface area (Å²) in [5.74, 6) is 0. The van der Waals surface area contributed by atoms with Crippen molar-refractivity contribution in [2.45, 2.75) is 13.1 Å². The largest absolute Gasteiger partial charge is 0.375 e. The molecule has 1 aromatic carbocycles. The molecule has 1 aliphatic rings. The third-order valence-corrected chi connectivity index (χ3v) is 4.95. The number of aromatic nitrogens is 1. The predicted molar refractivity (Wildman–Crippen MR) is 88.5 cm³/mol. The normalized spacial score (nSPS) is 17.2. The first kappa shape index (κ1) is 14.8. The molecule has 0 amide bonds. The molecule has 0 unspecified atom stereocenters. The van der Waals surface area contributed by atoms with Crippen molar-refractivity contribution in [2.75, 3.05) is 31.9 Å². The summed E-state index contributed by atoms with van der Waals surface area (Å²) in [6.45, 7) is 6.17. The molecule has 0 spiro atoms. The second-order valence-corrected chi connectivity index (χ2v) is 6.86. The fraction of sp³-hybridized carbons (Fsp3) is 0.400. The number of nitrogens with two attached hydrogens (primary N) is 1. The van der Waals surface area contributed by atoms with E-state index in [0.717, 1.165) is 44.3 Å². The maximum absolute atomic E-state index is 6.23. The molecule has 0 bridgehead atoms. The molecule has 2 aromatic rings. The van der Waals surface area contributed by atoms with Gasteiger partial charge in [-0.05, 0) is 11.6 Å². The van der Waals surface area contributed by atoms with Crippen LogP contribution < -0.4 is 5.73 Å². The van der Waals surface area contributed by atoms with Crippen molar-refractivity contribution in [1.82, 2.24) is 14.8 Å². The first-order valence-corrected chi connectivity index (χ1v) is 8.28. The van der Waals surface area contributed by atoms with E-state index in [-0.39, 0.29) is 0 Å². The summed E-state index contributed by atoms with van der Waals surface area (Å²) >= 11 is 7.81. The van der Waals surface area contributed by atoms with Crippen LogP contribution in [0.1, 0.15) is 10.4 Å². The van der Waals surface area contributed by atoms with Crippen LogP contribution in [0.15, 0.2) is 30.5 Å². The van der Waals surface area contributed by atoms with Crippen molar-refractivity contribution in [3.05, 3.63) is 45.9 Å². The van der Waals surface area contributed by atoms with Crippen LogP contribution in [0.2, 0.25) is 5.02 Å². The van der Waals surface area contributed by atoms with Crippen molar-refractivity contribution < 1.29 is 0 Å². The van der Waals surface area contributed by atoms with Crippen LogP contribution in [0, 0.1) is 0 Å². The second kappa shape index (κ2) is 6.75. The van der Waals surface area contributed by atoms with Crippen molar-refractivity contribution >= 4 is 28.1 Å². The Hall–Kier alpha value is -1.14. The van der Waals surface area contributed by atoms with Crippen LogP contribution in [-0.4, -0.2) is 41.0 Å². The van der Waals surface area contributed by atoms with Gasteiger partial charge >= 0.3 is 0 Å². The lowest BCUT2D eigenvalue weighted by molar-refractivity contribution is 0.123. The van der Waals surface area contributed by atoms with Crippen LogP contribution in [0.3, 0.4) is 0 Å². The summed E-state index contributed by atoms with van der Waals surface area (Å²) in [6, 6.07) is 8.09. The quantitative estimate of drug-likeness (QED) is 0.940. The zero-order valence-electron chi connectivity index (χ0n) is 11.8. The van der Waals surface area contributed by atoms with E-state index in [2.05, 4.69) is 20.9 Å². The molecule has 0 radical (unpaired) electrons. The van der Waals surface area contributed by atoms with Crippen molar-refractivity contribution in [3.63, 3.8) is 0 Å². The van der Waals surface area contributed by atoms with Gasteiger partial charge in [0.15, 0.2) is 5.13 Å². The van der Waals surface area contributed by atoms with Crippen molar-refractivity contribution in [1.29, 1.82) is 0 Å². The van der Waals surface area contributed by atoms with Crippen LogP contribution in [0.25, 0.3) is 0 Å². The Morgan fingerprint density at radius 2 is 1.76 bits per heavy atom. The molecule has 4 nitrogen and oxygen atoms in total. The Morgan fingerprint density at radius 3 is 2.38 bits per heavy atom. The molecule has 0 aliphatic carbocycles. The van der Waals surface area contributed by atoms with Gasteiger partial charge in [0.05, 0.1) is 0 Å². The molecule has 2 N–H and O–H groups in total. The number of nitrogen functional groups attached to an aromatic ring is 1. The van der Waals surface area contributed by atoms with Crippen LogP contribution >= 0.6 is 22.9 Å². The highest BCUT2D eigenvalue weighted by atomic mass is 35.5. The summed E-state index contributed by atoms with van der Waals surface area (Å²) in [5, 5.41) is 1.52. The molecule has 1 fully saturated rings. The Kier molecular flexibility index (Phi) is 4.75. The Labute approximate surface area is 134 Å². The van der Waals surface area contributed by atoms with Gasteiger partial charge in [-0.2, -0.15) is 0 Å². The molecular formula is C15H19ClN4S. The molecule has 3 rings (SSSR count). The third-order valence-electron chi connectivity index (χ3n) is 3.77. The Balaban J connectivity index is 1.50. The molecule has 0 saturated carbocycles. The molecule has 0 atom stereocenters. The van der Waals surface area contributed by atoms with Crippen molar-refractivity contribution in [3.8, 4) is 0 Å². The summed E-state index contributed by atoms with van der Waals surface area (Å²) in [7, 11) is 0. The summed E-state index contributed by atoms with van der Waals surface area (Å²) in [5.41, 5.74) is 6.88. The summed E-state index contributed by atoms with van der Waals surface area (Å²) in [6.07, 6.45) is 1.89. The minimum Gasteiger partial charge on any atom is -0.375 e. The van der Waals surface area contributed by atoms with E-state index in [1.54, 1.807) is 11.3 Å². The zero-order valence-corrected chi connectivity index (χ0v) is 13.4. The molecule has 1 aromatic heterocycles. The second-order valence-electron chi connectivity index (χ2n) is 5.31. The van der Waals surface area contributed by atoms with Gasteiger partial charge in [0.2, 0.25) is 0 Å². The average molecular weight is 323 g/mol. The van der Waals surface area contributed by atoms with E-state index in [0.29, 0.717) is 5.13 Å². The number of hydrogen-bond donors (Lipinski definition) is 1. The molecule has 1 aliphatic heterocycles. The lowest BCUT2D eigenvalue weighted by atomic mass is 10.2. The number of piperazine rings is 1. The van der Waals surface area contributed by atoms with Gasteiger partial charge < -0.3 is 5.73 Å². The Bertz CT molecular complexity index is 593. The molecule has 6 heteroatoms. The number of hydrogen-bond acceptors (Lipinski definition) is 5. The molecule has 112 valence electrons. The van der Waals surface area contributed by atoms with Gasteiger partial charge in [0.25, 0.3) is 0 Å². The number of halogens is 1. The average Bonchev–Trinajstić information content (AvgIpc) is 2.89. The molecule has 1 saturated heterocycles. The number of thiazole rings is 1. The fourth-order valence-electron chi connectivity index (χ4n) is 2.59. The topological polar surface area (TPSA) is 45.4 Å². The maximum atomic E-state index is 6.23. The number of nitrogens with zero attached hydrogens (tertiary/aromatic N) is 3. The molecule has 2 heterocycles. The maximum Gasteiger partial charge on any atom is 0.180 e. The molecule has 21 heavy (non-hydrogen) atoms. The lowest BCUT2D eigenvalue weighted by Crippen LogP contribution is -2.45. The minimum atomic E-state index is 0.655. The van der Waals surface area contributed by atoms with Gasteiger partial charge in [-0.25, -0.2) is 4.98 Å². The number of rotatable bonds is 4. The molecular weight excluding hydrogens is 304 g/mol. The number of anilines is 1. The van der Waals surface area contributed by atoms with Gasteiger partial charge in [0.1, 0.15) is 0 Å². The van der Waals surface area contributed by atoms with E-state index in [1.165, 1.54) is 10.4 Å². The predicted octanol–water partition coefficient (Wildman–Crippen LogP) is 2.70. The monoisotopic (exact) mass is 322 g/mol.